The van der Waals surface area contributed by atoms with Gasteiger partial charge in [-0.25, -0.2) is 4.79 Å². The molecule has 0 fully saturated rings. The molecule has 21 heavy (non-hydrogen) atoms. The molecule has 0 radical (unpaired) electrons. The minimum absolute atomic E-state index is 0.0182. The lowest BCUT2D eigenvalue weighted by Gasteiger charge is -2.26. The molecule has 2 rings (SSSR count). The Morgan fingerprint density at radius 1 is 1.33 bits per heavy atom. The van der Waals surface area contributed by atoms with E-state index in [1.165, 1.54) is 17.2 Å². The van der Waals surface area contributed by atoms with Gasteiger partial charge in [0.15, 0.2) is 6.61 Å². The maximum atomic E-state index is 11.9. The molecular weight excluding hydrogens is 266 g/mol. The maximum Gasteiger partial charge on any atom is 0.331 e. The first-order chi connectivity index (χ1) is 10.1. The van der Waals surface area contributed by atoms with Gasteiger partial charge in [-0.3, -0.25) is 4.79 Å². The number of esters is 1. The van der Waals surface area contributed by atoms with Crippen LogP contribution < -0.4 is 5.32 Å². The van der Waals surface area contributed by atoms with E-state index in [2.05, 4.69) is 17.4 Å². The van der Waals surface area contributed by atoms with Crippen LogP contribution in [0.15, 0.2) is 35.9 Å². The lowest BCUT2D eigenvalue weighted by atomic mass is 9.88. The first kappa shape index (κ1) is 15.3. The molecular formula is C17H21NO3. The second kappa shape index (κ2) is 7.07. The number of hydrogen-bond acceptors (Lipinski definition) is 3. The van der Waals surface area contributed by atoms with Crippen LogP contribution in [0.3, 0.4) is 0 Å². The summed E-state index contributed by atoms with van der Waals surface area (Å²) < 4.78 is 4.92. The highest BCUT2D eigenvalue weighted by Gasteiger charge is 2.21. The number of fused-ring (bicyclic) bond motifs is 1. The molecule has 112 valence electrons. The van der Waals surface area contributed by atoms with E-state index in [9.17, 15) is 9.59 Å². The summed E-state index contributed by atoms with van der Waals surface area (Å²) >= 11 is 0. The van der Waals surface area contributed by atoms with Crippen LogP contribution in [-0.2, 0) is 20.7 Å². The van der Waals surface area contributed by atoms with Crippen molar-refractivity contribution in [3.8, 4) is 0 Å². The van der Waals surface area contributed by atoms with Gasteiger partial charge in [0.25, 0.3) is 5.91 Å². The van der Waals surface area contributed by atoms with Crippen molar-refractivity contribution in [1.82, 2.24) is 5.32 Å². The van der Waals surface area contributed by atoms with Crippen molar-refractivity contribution in [2.75, 3.05) is 6.61 Å². The van der Waals surface area contributed by atoms with E-state index in [-0.39, 0.29) is 18.6 Å². The second-order valence-corrected chi connectivity index (χ2v) is 5.54. The number of aryl methyl sites for hydroxylation is 1. The molecule has 0 bridgehead atoms. The molecule has 0 spiro atoms. The molecule has 1 aliphatic carbocycles. The number of hydrogen-bond donors (Lipinski definition) is 1. The Kier molecular flexibility index (Phi) is 5.14. The number of rotatable bonds is 4. The van der Waals surface area contributed by atoms with Gasteiger partial charge in [0.05, 0.1) is 6.04 Å². The zero-order valence-corrected chi connectivity index (χ0v) is 12.5. The molecule has 0 aromatic heterocycles. The highest BCUT2D eigenvalue weighted by molar-refractivity contribution is 5.86. The van der Waals surface area contributed by atoms with E-state index in [1.54, 1.807) is 13.8 Å². The summed E-state index contributed by atoms with van der Waals surface area (Å²) in [6, 6.07) is 8.17. The van der Waals surface area contributed by atoms with Crippen molar-refractivity contribution < 1.29 is 14.3 Å². The van der Waals surface area contributed by atoms with Gasteiger partial charge in [0.1, 0.15) is 0 Å². The number of benzene rings is 1. The van der Waals surface area contributed by atoms with Crippen LogP contribution in [0.25, 0.3) is 0 Å². The van der Waals surface area contributed by atoms with Crippen molar-refractivity contribution in [2.24, 2.45) is 0 Å². The molecule has 1 aliphatic rings. The summed E-state index contributed by atoms with van der Waals surface area (Å²) in [5, 5.41) is 2.95. The molecule has 4 nitrogen and oxygen atoms in total. The SMILES string of the molecule is CC(C)=CC(=O)OCC(=O)N[C@H]1CCCc2ccccc21. The van der Waals surface area contributed by atoms with Crippen LogP contribution in [0.1, 0.15) is 43.9 Å². The molecule has 4 heteroatoms. The van der Waals surface area contributed by atoms with Gasteiger partial charge in [-0.1, -0.05) is 29.8 Å². The zero-order chi connectivity index (χ0) is 15.2. The number of ether oxygens (including phenoxy) is 1. The molecule has 0 aliphatic heterocycles. The third kappa shape index (κ3) is 4.45. The summed E-state index contributed by atoms with van der Waals surface area (Å²) in [5.74, 6) is -0.735. The Balaban J connectivity index is 1.89. The van der Waals surface area contributed by atoms with E-state index < -0.39 is 5.97 Å². The molecule has 1 N–H and O–H groups in total. The van der Waals surface area contributed by atoms with Gasteiger partial charge in [-0.05, 0) is 44.2 Å². The van der Waals surface area contributed by atoms with Crippen LogP contribution in [-0.4, -0.2) is 18.5 Å². The van der Waals surface area contributed by atoms with Crippen LogP contribution in [0.2, 0.25) is 0 Å². The molecule has 1 amide bonds. The van der Waals surface area contributed by atoms with Crippen LogP contribution in [0.5, 0.6) is 0 Å². The molecule has 1 atom stereocenters. The molecule has 0 saturated carbocycles. The minimum atomic E-state index is -0.478. The Morgan fingerprint density at radius 2 is 2.10 bits per heavy atom. The Bertz CT molecular complexity index is 559. The molecule has 0 saturated heterocycles. The van der Waals surface area contributed by atoms with Crippen molar-refractivity contribution in [1.29, 1.82) is 0 Å². The summed E-state index contributed by atoms with van der Waals surface area (Å²) in [6.07, 6.45) is 4.41. The molecule has 1 aromatic carbocycles. The Morgan fingerprint density at radius 3 is 2.86 bits per heavy atom. The van der Waals surface area contributed by atoms with E-state index in [0.29, 0.717) is 0 Å². The highest BCUT2D eigenvalue weighted by Crippen LogP contribution is 2.29. The van der Waals surface area contributed by atoms with Crippen molar-refractivity contribution >= 4 is 11.9 Å². The monoisotopic (exact) mass is 287 g/mol. The van der Waals surface area contributed by atoms with E-state index in [1.807, 2.05) is 12.1 Å². The number of carbonyl (C=O) groups excluding carboxylic acids is 2. The Labute approximate surface area is 125 Å². The first-order valence-electron chi connectivity index (χ1n) is 7.25. The minimum Gasteiger partial charge on any atom is -0.452 e. The summed E-state index contributed by atoms with van der Waals surface area (Å²) in [4.78, 5) is 23.3. The van der Waals surface area contributed by atoms with Gasteiger partial charge in [-0.2, -0.15) is 0 Å². The molecule has 1 aromatic rings. The van der Waals surface area contributed by atoms with Gasteiger partial charge in [-0.15, -0.1) is 0 Å². The summed E-state index contributed by atoms with van der Waals surface area (Å²) in [7, 11) is 0. The van der Waals surface area contributed by atoms with Crippen LogP contribution in [0.4, 0.5) is 0 Å². The van der Waals surface area contributed by atoms with Gasteiger partial charge in [0, 0.05) is 6.08 Å². The summed E-state index contributed by atoms with van der Waals surface area (Å²) in [5.41, 5.74) is 3.31. The summed E-state index contributed by atoms with van der Waals surface area (Å²) in [6.45, 7) is 3.38. The van der Waals surface area contributed by atoms with Crippen LogP contribution >= 0.6 is 0 Å². The standard InChI is InChI=1S/C17H21NO3/c1-12(2)10-17(20)21-11-16(19)18-15-9-5-7-13-6-3-4-8-14(13)15/h3-4,6,8,10,15H,5,7,9,11H2,1-2H3,(H,18,19)/t15-/m0/s1. The second-order valence-electron chi connectivity index (χ2n) is 5.54. The van der Waals surface area contributed by atoms with Crippen LogP contribution in [0, 0.1) is 0 Å². The largest absolute Gasteiger partial charge is 0.452 e. The number of allylic oxidation sites excluding steroid dienone is 1. The maximum absolute atomic E-state index is 11.9. The van der Waals surface area contributed by atoms with Crippen molar-refractivity contribution in [3.05, 3.63) is 47.0 Å². The lowest BCUT2D eigenvalue weighted by molar-refractivity contribution is -0.144. The fourth-order valence-electron chi connectivity index (χ4n) is 2.55. The third-order valence-corrected chi connectivity index (χ3v) is 3.46. The predicted molar refractivity (Wildman–Crippen MR) is 80.7 cm³/mol. The highest BCUT2D eigenvalue weighted by atomic mass is 16.5. The van der Waals surface area contributed by atoms with Gasteiger partial charge < -0.3 is 10.1 Å². The fraction of sp³-hybridized carbons (Fsp3) is 0.412. The number of amides is 1. The van der Waals surface area contributed by atoms with E-state index in [0.717, 1.165) is 24.8 Å². The predicted octanol–water partition coefficient (Wildman–Crippen LogP) is 2.69. The average Bonchev–Trinajstić information content (AvgIpc) is 2.45. The van der Waals surface area contributed by atoms with Gasteiger partial charge >= 0.3 is 5.97 Å². The number of nitrogens with one attached hydrogen (secondary N) is 1. The lowest BCUT2D eigenvalue weighted by Crippen LogP contribution is -2.34. The topological polar surface area (TPSA) is 55.4 Å². The van der Waals surface area contributed by atoms with Gasteiger partial charge in [0.2, 0.25) is 0 Å². The molecule has 0 heterocycles. The normalized spacial score (nSPS) is 16.6. The van der Waals surface area contributed by atoms with E-state index >= 15 is 0 Å². The Hall–Kier alpha value is -2.10. The third-order valence-electron chi connectivity index (χ3n) is 3.46. The zero-order valence-electron chi connectivity index (χ0n) is 12.5. The smallest absolute Gasteiger partial charge is 0.331 e. The molecule has 0 unspecified atom stereocenters. The number of carbonyl (C=O) groups is 2. The van der Waals surface area contributed by atoms with E-state index in [4.69, 9.17) is 4.74 Å². The fourth-order valence-corrected chi connectivity index (χ4v) is 2.55. The first-order valence-corrected chi connectivity index (χ1v) is 7.25. The quantitative estimate of drug-likeness (QED) is 0.684. The van der Waals surface area contributed by atoms with Crippen molar-refractivity contribution in [3.63, 3.8) is 0 Å². The van der Waals surface area contributed by atoms with Crippen molar-refractivity contribution in [2.45, 2.75) is 39.2 Å². The average molecular weight is 287 g/mol.